The molecule has 0 radical (unpaired) electrons. The Bertz CT molecular complexity index is 469. The molecule has 1 aliphatic rings. The van der Waals surface area contributed by atoms with Crippen LogP contribution in [0.2, 0.25) is 0 Å². The zero-order valence-electron chi connectivity index (χ0n) is 10.8. The molecule has 1 N–H and O–H groups in total. The number of nitrogens with one attached hydrogen (secondary N) is 1. The highest BCUT2D eigenvalue weighted by Gasteiger charge is 2.29. The van der Waals surface area contributed by atoms with Gasteiger partial charge in [-0.25, -0.2) is 4.39 Å². The minimum absolute atomic E-state index is 0.194. The third-order valence-electron chi connectivity index (χ3n) is 3.32. The van der Waals surface area contributed by atoms with Crippen LogP contribution in [0.25, 0.3) is 0 Å². The van der Waals surface area contributed by atoms with Gasteiger partial charge < -0.3 is 5.32 Å². The number of thioether (sulfide) groups is 1. The molecule has 1 aliphatic carbocycles. The van der Waals surface area contributed by atoms with Gasteiger partial charge in [0.05, 0.1) is 5.56 Å². The monoisotopic (exact) mass is 345 g/mol. The molecule has 2 unspecified atom stereocenters. The van der Waals surface area contributed by atoms with Crippen molar-refractivity contribution in [2.45, 2.75) is 37.5 Å². The van der Waals surface area contributed by atoms with E-state index in [-0.39, 0.29) is 17.8 Å². The highest BCUT2D eigenvalue weighted by molar-refractivity contribution is 9.10. The van der Waals surface area contributed by atoms with Crippen molar-refractivity contribution in [1.82, 2.24) is 5.32 Å². The summed E-state index contributed by atoms with van der Waals surface area (Å²) in [4.78, 5) is 12.2. The van der Waals surface area contributed by atoms with Crippen molar-refractivity contribution in [1.29, 1.82) is 0 Å². The molecule has 0 heterocycles. The molecule has 104 valence electrons. The van der Waals surface area contributed by atoms with Crippen LogP contribution in [0.1, 0.15) is 36.5 Å². The summed E-state index contributed by atoms with van der Waals surface area (Å²) in [6, 6.07) is 4.38. The summed E-state index contributed by atoms with van der Waals surface area (Å²) in [6.07, 6.45) is 3.30. The summed E-state index contributed by atoms with van der Waals surface area (Å²) < 4.78 is 13.8. The molecule has 0 aliphatic heterocycles. The maximum absolute atomic E-state index is 13.2. The third kappa shape index (κ3) is 3.72. The van der Waals surface area contributed by atoms with E-state index >= 15 is 0 Å². The molecule has 1 fully saturated rings. The summed E-state index contributed by atoms with van der Waals surface area (Å²) in [6.45, 7) is 2.13. The molecule has 1 aromatic carbocycles. The molecule has 2 nitrogen and oxygen atoms in total. The molecule has 0 spiro atoms. The molecule has 0 saturated heterocycles. The second-order valence-corrected chi connectivity index (χ2v) is 7.00. The quantitative estimate of drug-likeness (QED) is 0.893. The van der Waals surface area contributed by atoms with Gasteiger partial charge >= 0.3 is 0 Å². The lowest BCUT2D eigenvalue weighted by Crippen LogP contribution is -2.39. The minimum atomic E-state index is -0.390. The average molecular weight is 346 g/mol. The fourth-order valence-corrected chi connectivity index (χ4v) is 4.05. The highest BCUT2D eigenvalue weighted by Crippen LogP contribution is 2.30. The normalized spacial score (nSPS) is 22.5. The van der Waals surface area contributed by atoms with Crippen LogP contribution in [0.3, 0.4) is 0 Å². The molecular weight excluding hydrogens is 329 g/mol. The van der Waals surface area contributed by atoms with Crippen molar-refractivity contribution in [2.24, 2.45) is 0 Å². The zero-order chi connectivity index (χ0) is 13.8. The fourth-order valence-electron chi connectivity index (χ4n) is 2.42. The lowest BCUT2D eigenvalue weighted by atomic mass is 10.1. The van der Waals surface area contributed by atoms with E-state index in [4.69, 9.17) is 0 Å². The number of rotatable bonds is 4. The first kappa shape index (κ1) is 14.9. The summed E-state index contributed by atoms with van der Waals surface area (Å²) in [7, 11) is 0. The van der Waals surface area contributed by atoms with Gasteiger partial charge in [0.1, 0.15) is 5.82 Å². The van der Waals surface area contributed by atoms with Crippen LogP contribution in [0.5, 0.6) is 0 Å². The van der Waals surface area contributed by atoms with Gasteiger partial charge in [0, 0.05) is 15.8 Å². The van der Waals surface area contributed by atoms with Gasteiger partial charge in [0.25, 0.3) is 5.91 Å². The Kier molecular flexibility index (Phi) is 5.28. The van der Waals surface area contributed by atoms with Crippen molar-refractivity contribution >= 4 is 33.6 Å². The van der Waals surface area contributed by atoms with Gasteiger partial charge in [-0.15, -0.1) is 0 Å². The van der Waals surface area contributed by atoms with E-state index in [9.17, 15) is 9.18 Å². The predicted molar refractivity (Wildman–Crippen MR) is 81.1 cm³/mol. The van der Waals surface area contributed by atoms with Crippen LogP contribution in [0.4, 0.5) is 4.39 Å². The SMILES string of the molecule is CCSC1CCCC1NC(=O)c1cc(F)ccc1Br. The molecular formula is C14H17BrFNOS. The molecule has 2 rings (SSSR count). The van der Waals surface area contributed by atoms with E-state index in [1.165, 1.54) is 12.1 Å². The Hall–Kier alpha value is -0.550. The first-order chi connectivity index (χ1) is 9.11. The molecule has 0 bridgehead atoms. The lowest BCUT2D eigenvalue weighted by Gasteiger charge is -2.20. The number of hydrogen-bond acceptors (Lipinski definition) is 2. The number of benzene rings is 1. The van der Waals surface area contributed by atoms with Gasteiger partial charge in [-0.1, -0.05) is 13.3 Å². The predicted octanol–water partition coefficient (Wildman–Crippen LogP) is 3.99. The van der Waals surface area contributed by atoms with E-state index in [1.807, 2.05) is 11.8 Å². The Morgan fingerprint density at radius 3 is 3.05 bits per heavy atom. The van der Waals surface area contributed by atoms with Gasteiger partial charge in [-0.05, 0) is 52.7 Å². The Morgan fingerprint density at radius 1 is 1.53 bits per heavy atom. The van der Waals surface area contributed by atoms with Crippen molar-refractivity contribution in [3.05, 3.63) is 34.1 Å². The number of carbonyl (C=O) groups excluding carboxylic acids is 1. The van der Waals surface area contributed by atoms with E-state index < -0.39 is 0 Å². The average Bonchev–Trinajstić information content (AvgIpc) is 2.80. The highest BCUT2D eigenvalue weighted by atomic mass is 79.9. The van der Waals surface area contributed by atoms with Crippen molar-refractivity contribution in [3.8, 4) is 0 Å². The summed E-state index contributed by atoms with van der Waals surface area (Å²) in [5.41, 5.74) is 0.368. The second-order valence-electron chi connectivity index (χ2n) is 4.63. The molecule has 1 aromatic rings. The van der Waals surface area contributed by atoms with Crippen molar-refractivity contribution < 1.29 is 9.18 Å². The molecule has 19 heavy (non-hydrogen) atoms. The van der Waals surface area contributed by atoms with E-state index in [1.54, 1.807) is 6.07 Å². The number of amides is 1. The van der Waals surface area contributed by atoms with Crippen LogP contribution >= 0.6 is 27.7 Å². The zero-order valence-corrected chi connectivity index (χ0v) is 13.2. The summed E-state index contributed by atoms with van der Waals surface area (Å²) >= 11 is 5.18. The van der Waals surface area contributed by atoms with Crippen molar-refractivity contribution in [3.63, 3.8) is 0 Å². The lowest BCUT2D eigenvalue weighted by molar-refractivity contribution is 0.0937. The van der Waals surface area contributed by atoms with Gasteiger partial charge in [0.15, 0.2) is 0 Å². The maximum Gasteiger partial charge on any atom is 0.252 e. The first-order valence-corrected chi connectivity index (χ1v) is 8.33. The van der Waals surface area contributed by atoms with Crippen LogP contribution < -0.4 is 5.32 Å². The summed E-state index contributed by atoms with van der Waals surface area (Å²) in [5, 5.41) is 3.53. The molecule has 1 saturated carbocycles. The number of halogens is 2. The standard InChI is InChI=1S/C14H17BrFNOS/c1-2-19-13-5-3-4-12(13)17-14(18)10-8-9(16)6-7-11(10)15/h6-8,12-13H,2-5H2,1H3,(H,17,18). The second kappa shape index (κ2) is 6.75. The van der Waals surface area contributed by atoms with E-state index in [0.717, 1.165) is 25.0 Å². The van der Waals surface area contributed by atoms with Gasteiger partial charge in [0.2, 0.25) is 0 Å². The van der Waals surface area contributed by atoms with Crippen LogP contribution in [0, 0.1) is 5.82 Å². The maximum atomic E-state index is 13.2. The fraction of sp³-hybridized carbons (Fsp3) is 0.500. The van der Waals surface area contributed by atoms with Crippen LogP contribution in [-0.2, 0) is 0 Å². The third-order valence-corrected chi connectivity index (χ3v) is 5.34. The van der Waals surface area contributed by atoms with E-state index in [0.29, 0.717) is 15.3 Å². The van der Waals surface area contributed by atoms with Gasteiger partial charge in [-0.2, -0.15) is 11.8 Å². The minimum Gasteiger partial charge on any atom is -0.348 e. The van der Waals surface area contributed by atoms with E-state index in [2.05, 4.69) is 28.2 Å². The molecule has 1 amide bonds. The molecule has 2 atom stereocenters. The van der Waals surface area contributed by atoms with Gasteiger partial charge in [-0.3, -0.25) is 4.79 Å². The smallest absolute Gasteiger partial charge is 0.252 e. The first-order valence-electron chi connectivity index (χ1n) is 6.49. The topological polar surface area (TPSA) is 29.1 Å². The Labute approximate surface area is 125 Å². The largest absolute Gasteiger partial charge is 0.348 e. The molecule has 5 heteroatoms. The molecule has 0 aromatic heterocycles. The van der Waals surface area contributed by atoms with Crippen molar-refractivity contribution in [2.75, 3.05) is 5.75 Å². The number of carbonyl (C=O) groups is 1. The Balaban J connectivity index is 2.06. The van der Waals surface area contributed by atoms with Crippen LogP contribution in [-0.4, -0.2) is 23.0 Å². The Morgan fingerprint density at radius 2 is 2.32 bits per heavy atom. The number of hydrogen-bond donors (Lipinski definition) is 1. The summed E-state index contributed by atoms with van der Waals surface area (Å²) in [5.74, 6) is 0.472. The van der Waals surface area contributed by atoms with Crippen LogP contribution in [0.15, 0.2) is 22.7 Å².